The van der Waals surface area contributed by atoms with Crippen LogP contribution in [0.25, 0.3) is 0 Å². The largest absolute Gasteiger partial charge is 0.312 e. The average Bonchev–Trinajstić information content (AvgIpc) is 2.70. The van der Waals surface area contributed by atoms with Crippen molar-refractivity contribution in [2.24, 2.45) is 10.9 Å². The predicted octanol–water partition coefficient (Wildman–Crippen LogP) is 2.99. The van der Waals surface area contributed by atoms with E-state index in [0.717, 1.165) is 15.8 Å². The van der Waals surface area contributed by atoms with Crippen LogP contribution < -0.4 is 5.32 Å². The molecule has 0 bridgehead atoms. The zero-order chi connectivity index (χ0) is 13.1. The summed E-state index contributed by atoms with van der Waals surface area (Å²) in [5.74, 6) is 1.69. The third-order valence-corrected chi connectivity index (χ3v) is 3.93. The van der Waals surface area contributed by atoms with Gasteiger partial charge in [0.2, 0.25) is 5.91 Å². The predicted molar refractivity (Wildman–Crippen MR) is 76.4 cm³/mol. The molecule has 1 aromatic rings. The number of amides is 1. The van der Waals surface area contributed by atoms with Gasteiger partial charge in [-0.1, -0.05) is 25.4 Å². The molecule has 1 unspecified atom stereocenters. The SMILES string of the molecule is CC(C)C1N=C(CSc2ccc(Cl)cc2)NC1=O. The van der Waals surface area contributed by atoms with Crippen LogP contribution in [0.2, 0.25) is 5.02 Å². The van der Waals surface area contributed by atoms with Gasteiger partial charge in [0.15, 0.2) is 0 Å². The van der Waals surface area contributed by atoms with Crippen molar-refractivity contribution < 1.29 is 4.79 Å². The van der Waals surface area contributed by atoms with E-state index in [1.165, 1.54) is 0 Å². The van der Waals surface area contributed by atoms with Gasteiger partial charge < -0.3 is 5.32 Å². The van der Waals surface area contributed by atoms with E-state index in [1.807, 2.05) is 38.1 Å². The lowest BCUT2D eigenvalue weighted by atomic mass is 10.1. The van der Waals surface area contributed by atoms with Crippen LogP contribution >= 0.6 is 23.4 Å². The van der Waals surface area contributed by atoms with Gasteiger partial charge in [-0.3, -0.25) is 9.79 Å². The fourth-order valence-electron chi connectivity index (χ4n) is 1.68. The zero-order valence-electron chi connectivity index (χ0n) is 10.3. The summed E-state index contributed by atoms with van der Waals surface area (Å²) in [4.78, 5) is 17.2. The van der Waals surface area contributed by atoms with Gasteiger partial charge in [0.25, 0.3) is 0 Å². The number of carbonyl (C=O) groups is 1. The van der Waals surface area contributed by atoms with E-state index in [2.05, 4.69) is 10.3 Å². The summed E-state index contributed by atoms with van der Waals surface area (Å²) < 4.78 is 0. The van der Waals surface area contributed by atoms with Crippen LogP contribution in [0.3, 0.4) is 0 Å². The molecule has 0 fully saturated rings. The summed E-state index contributed by atoms with van der Waals surface area (Å²) in [6.45, 7) is 4.01. The molecule has 1 aliphatic heterocycles. The minimum Gasteiger partial charge on any atom is -0.312 e. The Kier molecular flexibility index (Phi) is 4.30. The van der Waals surface area contributed by atoms with Crippen molar-refractivity contribution in [2.75, 3.05) is 5.75 Å². The van der Waals surface area contributed by atoms with Crippen LogP contribution in [0.4, 0.5) is 0 Å². The summed E-state index contributed by atoms with van der Waals surface area (Å²) in [5.41, 5.74) is 0. The third kappa shape index (κ3) is 3.27. The summed E-state index contributed by atoms with van der Waals surface area (Å²) in [6.07, 6.45) is 0. The molecular formula is C13H15ClN2OS. The Morgan fingerprint density at radius 3 is 2.61 bits per heavy atom. The number of amidine groups is 1. The quantitative estimate of drug-likeness (QED) is 0.863. The molecule has 1 N–H and O–H groups in total. The topological polar surface area (TPSA) is 41.5 Å². The maximum atomic E-state index is 11.6. The van der Waals surface area contributed by atoms with E-state index in [0.29, 0.717) is 5.75 Å². The second kappa shape index (κ2) is 5.76. The molecule has 1 atom stereocenters. The highest BCUT2D eigenvalue weighted by Gasteiger charge is 2.28. The van der Waals surface area contributed by atoms with Gasteiger partial charge in [0.05, 0.1) is 5.75 Å². The lowest BCUT2D eigenvalue weighted by Gasteiger charge is -2.06. The molecule has 0 saturated heterocycles. The number of benzene rings is 1. The molecule has 2 rings (SSSR count). The van der Waals surface area contributed by atoms with Crippen LogP contribution in [-0.4, -0.2) is 23.5 Å². The van der Waals surface area contributed by atoms with E-state index in [-0.39, 0.29) is 17.9 Å². The number of aliphatic imine (C=N–C) groups is 1. The van der Waals surface area contributed by atoms with Crippen LogP contribution in [-0.2, 0) is 4.79 Å². The Bertz CT molecular complexity index is 470. The first-order valence-corrected chi connectivity index (χ1v) is 7.18. The summed E-state index contributed by atoms with van der Waals surface area (Å²) in [5, 5.41) is 3.56. The van der Waals surface area contributed by atoms with E-state index in [1.54, 1.807) is 11.8 Å². The van der Waals surface area contributed by atoms with Crippen molar-refractivity contribution in [2.45, 2.75) is 24.8 Å². The Labute approximate surface area is 116 Å². The van der Waals surface area contributed by atoms with Gasteiger partial charge in [0.1, 0.15) is 11.9 Å². The molecule has 1 amide bonds. The van der Waals surface area contributed by atoms with Crippen LogP contribution in [0.15, 0.2) is 34.2 Å². The Morgan fingerprint density at radius 2 is 2.06 bits per heavy atom. The number of thioether (sulfide) groups is 1. The highest BCUT2D eigenvalue weighted by molar-refractivity contribution is 8.00. The highest BCUT2D eigenvalue weighted by Crippen LogP contribution is 2.21. The van der Waals surface area contributed by atoms with Crippen molar-refractivity contribution in [3.05, 3.63) is 29.3 Å². The first-order chi connectivity index (χ1) is 8.56. The van der Waals surface area contributed by atoms with Gasteiger partial charge in [-0.15, -0.1) is 11.8 Å². The Hall–Kier alpha value is -1.00. The zero-order valence-corrected chi connectivity index (χ0v) is 11.9. The number of nitrogens with zero attached hydrogens (tertiary/aromatic N) is 1. The van der Waals surface area contributed by atoms with E-state index < -0.39 is 0 Å². The van der Waals surface area contributed by atoms with E-state index in [9.17, 15) is 4.79 Å². The first-order valence-electron chi connectivity index (χ1n) is 5.82. The fourth-order valence-corrected chi connectivity index (χ4v) is 2.59. The lowest BCUT2D eigenvalue weighted by molar-refractivity contribution is -0.120. The normalized spacial score (nSPS) is 19.0. The molecule has 5 heteroatoms. The molecule has 1 heterocycles. The molecular weight excluding hydrogens is 268 g/mol. The smallest absolute Gasteiger partial charge is 0.250 e. The molecule has 18 heavy (non-hydrogen) atoms. The average molecular weight is 283 g/mol. The standard InChI is InChI=1S/C13H15ClN2OS/c1-8(2)12-13(17)16-11(15-12)7-18-10-5-3-9(14)4-6-10/h3-6,8,12H,7H2,1-2H3,(H,15,16,17). The Morgan fingerprint density at radius 1 is 1.39 bits per heavy atom. The van der Waals surface area contributed by atoms with Gasteiger partial charge in [-0.05, 0) is 30.2 Å². The number of carbonyl (C=O) groups excluding carboxylic acids is 1. The van der Waals surface area contributed by atoms with Crippen molar-refractivity contribution in [3.8, 4) is 0 Å². The molecule has 1 aliphatic rings. The monoisotopic (exact) mass is 282 g/mol. The van der Waals surface area contributed by atoms with E-state index >= 15 is 0 Å². The molecule has 0 radical (unpaired) electrons. The fraction of sp³-hybridized carbons (Fsp3) is 0.385. The number of halogens is 1. The van der Waals surface area contributed by atoms with Gasteiger partial charge in [-0.2, -0.15) is 0 Å². The second-order valence-corrected chi connectivity index (χ2v) is 5.98. The van der Waals surface area contributed by atoms with Crippen LogP contribution in [0.5, 0.6) is 0 Å². The highest BCUT2D eigenvalue weighted by atomic mass is 35.5. The van der Waals surface area contributed by atoms with Crippen molar-refractivity contribution in [1.29, 1.82) is 0 Å². The molecule has 1 aromatic carbocycles. The van der Waals surface area contributed by atoms with Crippen molar-refractivity contribution in [1.82, 2.24) is 5.32 Å². The third-order valence-electron chi connectivity index (χ3n) is 2.65. The van der Waals surface area contributed by atoms with Gasteiger partial charge >= 0.3 is 0 Å². The minimum atomic E-state index is -0.231. The van der Waals surface area contributed by atoms with Crippen molar-refractivity contribution >= 4 is 35.1 Å². The van der Waals surface area contributed by atoms with Gasteiger partial charge in [-0.25, -0.2) is 0 Å². The maximum absolute atomic E-state index is 11.6. The number of rotatable bonds is 4. The van der Waals surface area contributed by atoms with Crippen LogP contribution in [0, 0.1) is 5.92 Å². The van der Waals surface area contributed by atoms with E-state index in [4.69, 9.17) is 11.6 Å². The summed E-state index contributed by atoms with van der Waals surface area (Å²) >= 11 is 7.46. The molecule has 0 saturated carbocycles. The van der Waals surface area contributed by atoms with Crippen molar-refractivity contribution in [3.63, 3.8) is 0 Å². The first kappa shape index (κ1) is 13.4. The molecule has 96 valence electrons. The van der Waals surface area contributed by atoms with Crippen LogP contribution in [0.1, 0.15) is 13.8 Å². The van der Waals surface area contributed by atoms with Gasteiger partial charge in [0, 0.05) is 9.92 Å². The summed E-state index contributed by atoms with van der Waals surface area (Å²) in [7, 11) is 0. The molecule has 3 nitrogen and oxygen atoms in total. The Balaban J connectivity index is 1.93. The second-order valence-electron chi connectivity index (χ2n) is 4.50. The number of hydrogen-bond acceptors (Lipinski definition) is 3. The molecule has 0 spiro atoms. The minimum absolute atomic E-state index is 0.0108. The summed E-state index contributed by atoms with van der Waals surface area (Å²) in [6, 6.07) is 7.41. The number of hydrogen-bond donors (Lipinski definition) is 1. The molecule has 0 aliphatic carbocycles. The maximum Gasteiger partial charge on any atom is 0.250 e. The lowest BCUT2D eigenvalue weighted by Crippen LogP contribution is -2.31. The molecule has 0 aromatic heterocycles. The number of nitrogens with one attached hydrogen (secondary N) is 1.